The highest BCUT2D eigenvalue weighted by atomic mass is 16.2. The number of imidazole rings is 1. The second-order valence-electron chi connectivity index (χ2n) is 5.90. The number of nitrogens with one attached hydrogen (secondary N) is 1. The first-order valence-electron chi connectivity index (χ1n) is 7.82. The van der Waals surface area contributed by atoms with Crippen molar-refractivity contribution in [3.8, 4) is 0 Å². The zero-order chi connectivity index (χ0) is 19.0. The lowest BCUT2D eigenvalue weighted by Crippen LogP contribution is -2.37. The van der Waals surface area contributed by atoms with Gasteiger partial charge in [-0.25, -0.2) is 9.78 Å². The fourth-order valence-electron chi connectivity index (χ4n) is 2.76. The maximum atomic E-state index is 12.4. The Morgan fingerprint density at radius 3 is 2.50 bits per heavy atom. The molecular formula is C17H17N5O4. The molecule has 0 saturated carbocycles. The molecule has 0 saturated heterocycles. The third kappa shape index (κ3) is 2.83. The molecule has 0 atom stereocenters. The SMILES string of the molecule is CC(=O)c1ccccc1NC(=O)Cn1cnc2c1c(=O)n(C)c(=O)n2C. The summed E-state index contributed by atoms with van der Waals surface area (Å²) in [6.45, 7) is 1.23. The zero-order valence-electron chi connectivity index (χ0n) is 14.5. The molecule has 0 bridgehead atoms. The molecule has 2 heterocycles. The van der Waals surface area contributed by atoms with E-state index >= 15 is 0 Å². The standard InChI is InChI=1S/C17H17N5O4/c1-10(23)11-6-4-5-7-12(11)19-13(24)8-22-9-18-15-14(22)16(25)21(3)17(26)20(15)2/h4-7,9H,8H2,1-3H3,(H,19,24). The van der Waals surface area contributed by atoms with Gasteiger partial charge in [-0.15, -0.1) is 0 Å². The monoisotopic (exact) mass is 355 g/mol. The molecule has 0 fully saturated rings. The van der Waals surface area contributed by atoms with Gasteiger partial charge in [-0.1, -0.05) is 12.1 Å². The van der Waals surface area contributed by atoms with E-state index in [0.29, 0.717) is 11.3 Å². The third-order valence-electron chi connectivity index (χ3n) is 4.11. The van der Waals surface area contributed by atoms with Gasteiger partial charge in [0.15, 0.2) is 16.9 Å². The summed E-state index contributed by atoms with van der Waals surface area (Å²) >= 11 is 0. The molecule has 9 nitrogen and oxygen atoms in total. The highest BCUT2D eigenvalue weighted by Crippen LogP contribution is 2.16. The van der Waals surface area contributed by atoms with Gasteiger partial charge in [0.2, 0.25) is 5.91 Å². The number of fused-ring (bicyclic) bond motifs is 1. The van der Waals surface area contributed by atoms with Crippen molar-refractivity contribution in [1.29, 1.82) is 0 Å². The number of benzene rings is 1. The summed E-state index contributed by atoms with van der Waals surface area (Å²) in [7, 11) is 2.87. The summed E-state index contributed by atoms with van der Waals surface area (Å²) in [6, 6.07) is 6.67. The van der Waals surface area contributed by atoms with Crippen LogP contribution < -0.4 is 16.6 Å². The number of aryl methyl sites for hydroxylation is 1. The van der Waals surface area contributed by atoms with Crippen molar-refractivity contribution < 1.29 is 9.59 Å². The Labute approximate surface area is 147 Å². The number of aromatic nitrogens is 4. The second-order valence-corrected chi connectivity index (χ2v) is 5.90. The van der Waals surface area contributed by atoms with E-state index in [4.69, 9.17) is 0 Å². The third-order valence-corrected chi connectivity index (χ3v) is 4.11. The van der Waals surface area contributed by atoms with Gasteiger partial charge in [-0.2, -0.15) is 0 Å². The van der Waals surface area contributed by atoms with E-state index in [1.165, 1.54) is 36.5 Å². The van der Waals surface area contributed by atoms with Gasteiger partial charge in [-0.3, -0.25) is 23.5 Å². The molecule has 9 heteroatoms. The van der Waals surface area contributed by atoms with E-state index in [1.807, 2.05) is 0 Å². The van der Waals surface area contributed by atoms with Gasteiger partial charge in [0.25, 0.3) is 5.56 Å². The molecule has 0 aliphatic carbocycles. The average molecular weight is 355 g/mol. The molecule has 3 rings (SSSR count). The Kier molecular flexibility index (Phi) is 4.29. The Balaban J connectivity index is 1.96. The first-order valence-corrected chi connectivity index (χ1v) is 7.82. The van der Waals surface area contributed by atoms with Crippen LogP contribution in [0.5, 0.6) is 0 Å². The highest BCUT2D eigenvalue weighted by molar-refractivity contribution is 6.03. The number of rotatable bonds is 4. The number of hydrogen-bond donors (Lipinski definition) is 1. The number of carbonyl (C=O) groups is 2. The largest absolute Gasteiger partial charge is 0.332 e. The molecule has 0 spiro atoms. The number of nitrogens with zero attached hydrogens (tertiary/aromatic N) is 4. The Morgan fingerprint density at radius 2 is 1.81 bits per heavy atom. The molecule has 1 amide bonds. The average Bonchev–Trinajstić information content (AvgIpc) is 3.02. The first-order chi connectivity index (χ1) is 12.3. The van der Waals surface area contributed by atoms with Gasteiger partial charge in [-0.05, 0) is 19.1 Å². The van der Waals surface area contributed by atoms with Crippen molar-refractivity contribution in [1.82, 2.24) is 18.7 Å². The van der Waals surface area contributed by atoms with Gasteiger partial charge >= 0.3 is 5.69 Å². The molecule has 3 aromatic rings. The lowest BCUT2D eigenvalue weighted by atomic mass is 10.1. The van der Waals surface area contributed by atoms with E-state index in [0.717, 1.165) is 4.57 Å². The topological polar surface area (TPSA) is 108 Å². The van der Waals surface area contributed by atoms with Crippen molar-refractivity contribution in [2.75, 3.05) is 5.32 Å². The van der Waals surface area contributed by atoms with Crippen LogP contribution in [0, 0.1) is 0 Å². The summed E-state index contributed by atoms with van der Waals surface area (Å²) in [6.07, 6.45) is 1.34. The molecule has 2 aromatic heterocycles. The van der Waals surface area contributed by atoms with Crippen LogP contribution >= 0.6 is 0 Å². The molecule has 1 N–H and O–H groups in total. The van der Waals surface area contributed by atoms with E-state index in [9.17, 15) is 19.2 Å². The number of Topliss-reactive ketones (excluding diaryl/α,β-unsaturated/α-hetero) is 1. The van der Waals surface area contributed by atoms with Crippen LogP contribution in [0.2, 0.25) is 0 Å². The van der Waals surface area contributed by atoms with Crippen molar-refractivity contribution in [2.45, 2.75) is 13.5 Å². The number of carbonyl (C=O) groups excluding carboxylic acids is 2. The molecule has 0 radical (unpaired) electrons. The summed E-state index contributed by atoms with van der Waals surface area (Å²) < 4.78 is 3.59. The molecule has 0 aliphatic rings. The van der Waals surface area contributed by atoms with Crippen molar-refractivity contribution in [3.63, 3.8) is 0 Å². The van der Waals surface area contributed by atoms with Crippen LogP contribution in [0.15, 0.2) is 40.2 Å². The second kappa shape index (κ2) is 6.43. The number of anilines is 1. The zero-order valence-corrected chi connectivity index (χ0v) is 14.5. The van der Waals surface area contributed by atoms with E-state index in [2.05, 4.69) is 10.3 Å². The Morgan fingerprint density at radius 1 is 1.12 bits per heavy atom. The number of amides is 1. The Bertz CT molecular complexity index is 1150. The van der Waals surface area contributed by atoms with Crippen molar-refractivity contribution in [3.05, 3.63) is 57.0 Å². The fourth-order valence-corrected chi connectivity index (χ4v) is 2.76. The van der Waals surface area contributed by atoms with Gasteiger partial charge in [0.1, 0.15) is 6.54 Å². The minimum Gasteiger partial charge on any atom is -0.324 e. The van der Waals surface area contributed by atoms with Crippen LogP contribution in [0.3, 0.4) is 0 Å². The molecule has 0 aliphatic heterocycles. The first kappa shape index (κ1) is 17.3. The lowest BCUT2D eigenvalue weighted by molar-refractivity contribution is -0.116. The number of ketones is 1. The fraction of sp³-hybridized carbons (Fsp3) is 0.235. The van der Waals surface area contributed by atoms with Crippen LogP contribution in [-0.2, 0) is 25.4 Å². The maximum absolute atomic E-state index is 12.4. The maximum Gasteiger partial charge on any atom is 0.332 e. The molecule has 26 heavy (non-hydrogen) atoms. The highest BCUT2D eigenvalue weighted by Gasteiger charge is 2.16. The van der Waals surface area contributed by atoms with E-state index in [-0.39, 0.29) is 23.5 Å². The van der Waals surface area contributed by atoms with Crippen molar-refractivity contribution >= 4 is 28.5 Å². The minimum absolute atomic E-state index is 0.157. The Hall–Kier alpha value is -3.49. The van der Waals surface area contributed by atoms with Crippen LogP contribution in [0.25, 0.3) is 11.2 Å². The van der Waals surface area contributed by atoms with Crippen molar-refractivity contribution in [2.24, 2.45) is 14.1 Å². The minimum atomic E-state index is -0.530. The normalized spacial score (nSPS) is 10.9. The molecular weight excluding hydrogens is 338 g/mol. The number of hydrogen-bond acceptors (Lipinski definition) is 5. The van der Waals surface area contributed by atoms with Gasteiger partial charge in [0, 0.05) is 19.7 Å². The van der Waals surface area contributed by atoms with Gasteiger partial charge in [0.05, 0.1) is 12.0 Å². The molecule has 0 unspecified atom stereocenters. The summed E-state index contributed by atoms with van der Waals surface area (Å²) in [5.41, 5.74) is 0.133. The van der Waals surface area contributed by atoms with Crippen LogP contribution in [0.1, 0.15) is 17.3 Å². The summed E-state index contributed by atoms with van der Waals surface area (Å²) in [4.78, 5) is 52.4. The number of para-hydroxylation sites is 1. The summed E-state index contributed by atoms with van der Waals surface area (Å²) in [5, 5.41) is 2.67. The van der Waals surface area contributed by atoms with Crippen LogP contribution in [-0.4, -0.2) is 30.4 Å². The lowest BCUT2D eigenvalue weighted by Gasteiger charge is -2.10. The predicted octanol–water partition coefficient (Wildman–Crippen LogP) is 0.275. The van der Waals surface area contributed by atoms with Crippen LogP contribution in [0.4, 0.5) is 5.69 Å². The predicted molar refractivity (Wildman–Crippen MR) is 95.3 cm³/mol. The smallest absolute Gasteiger partial charge is 0.324 e. The van der Waals surface area contributed by atoms with E-state index < -0.39 is 17.2 Å². The molecule has 1 aromatic carbocycles. The quantitative estimate of drug-likeness (QED) is 0.676. The van der Waals surface area contributed by atoms with Gasteiger partial charge < -0.3 is 9.88 Å². The molecule has 134 valence electrons. The van der Waals surface area contributed by atoms with E-state index in [1.54, 1.807) is 24.3 Å². The summed E-state index contributed by atoms with van der Waals surface area (Å²) in [5.74, 6) is -0.591.